The van der Waals surface area contributed by atoms with E-state index >= 15 is 0 Å². The highest BCUT2D eigenvalue weighted by Crippen LogP contribution is 2.34. The lowest BCUT2D eigenvalue weighted by Gasteiger charge is -2.13. The normalized spacial score (nSPS) is 20.7. The molecule has 1 rings (SSSR count). The first-order valence-electron chi connectivity index (χ1n) is 4.92. The second kappa shape index (κ2) is 4.10. The molecule has 1 aliphatic carbocycles. The minimum Gasteiger partial charge on any atom is -0.314 e. The van der Waals surface area contributed by atoms with Crippen molar-refractivity contribution >= 4 is 0 Å². The Morgan fingerprint density at radius 1 is 1.27 bits per heavy atom. The van der Waals surface area contributed by atoms with Gasteiger partial charge >= 0.3 is 0 Å². The molecule has 1 nitrogen and oxygen atoms in total. The van der Waals surface area contributed by atoms with Gasteiger partial charge in [-0.2, -0.15) is 0 Å². The molecule has 0 aromatic rings. The second-order valence-corrected chi connectivity index (χ2v) is 4.35. The van der Waals surface area contributed by atoms with Gasteiger partial charge < -0.3 is 5.32 Å². The fourth-order valence-corrected chi connectivity index (χ4v) is 1.44. The SMILES string of the molecule is CC(CNC(C)C)CC1CC1. The number of hydrogen-bond donors (Lipinski definition) is 1. The van der Waals surface area contributed by atoms with Crippen LogP contribution in [0.4, 0.5) is 0 Å². The lowest BCUT2D eigenvalue weighted by atomic mass is 10.0. The summed E-state index contributed by atoms with van der Waals surface area (Å²) in [4.78, 5) is 0. The van der Waals surface area contributed by atoms with Crippen LogP contribution in [0.2, 0.25) is 0 Å². The summed E-state index contributed by atoms with van der Waals surface area (Å²) in [6, 6.07) is 0.650. The van der Waals surface area contributed by atoms with Crippen molar-refractivity contribution in [2.24, 2.45) is 11.8 Å². The first kappa shape index (κ1) is 9.05. The summed E-state index contributed by atoms with van der Waals surface area (Å²) in [5, 5.41) is 3.48. The summed E-state index contributed by atoms with van der Waals surface area (Å²) in [6.07, 6.45) is 4.43. The maximum Gasteiger partial charge on any atom is 0.00104 e. The predicted octanol–water partition coefficient (Wildman–Crippen LogP) is 2.42. The number of rotatable bonds is 5. The van der Waals surface area contributed by atoms with Crippen LogP contribution in [-0.4, -0.2) is 12.6 Å². The zero-order chi connectivity index (χ0) is 8.27. The Bertz CT molecular complexity index is 105. The average molecular weight is 155 g/mol. The highest BCUT2D eigenvalue weighted by molar-refractivity contribution is 4.76. The average Bonchev–Trinajstić information content (AvgIpc) is 2.67. The van der Waals surface area contributed by atoms with Gasteiger partial charge in [-0.25, -0.2) is 0 Å². The van der Waals surface area contributed by atoms with Gasteiger partial charge in [0.15, 0.2) is 0 Å². The first-order valence-corrected chi connectivity index (χ1v) is 4.92. The minimum atomic E-state index is 0.650. The van der Waals surface area contributed by atoms with E-state index in [1.807, 2.05) is 0 Å². The maximum absolute atomic E-state index is 3.48. The Morgan fingerprint density at radius 3 is 2.36 bits per heavy atom. The molecule has 1 fully saturated rings. The van der Waals surface area contributed by atoms with E-state index in [0.717, 1.165) is 11.8 Å². The third kappa shape index (κ3) is 4.41. The monoisotopic (exact) mass is 155 g/mol. The van der Waals surface area contributed by atoms with Crippen molar-refractivity contribution in [1.29, 1.82) is 0 Å². The fourth-order valence-electron chi connectivity index (χ4n) is 1.44. The standard InChI is InChI=1S/C10H21N/c1-8(2)11-7-9(3)6-10-4-5-10/h8-11H,4-7H2,1-3H3. The molecule has 1 unspecified atom stereocenters. The first-order chi connectivity index (χ1) is 5.18. The van der Waals surface area contributed by atoms with Crippen molar-refractivity contribution in [3.8, 4) is 0 Å². The molecule has 1 N–H and O–H groups in total. The van der Waals surface area contributed by atoms with E-state index in [4.69, 9.17) is 0 Å². The van der Waals surface area contributed by atoms with Crippen molar-refractivity contribution in [2.45, 2.75) is 46.1 Å². The van der Waals surface area contributed by atoms with Gasteiger partial charge in [-0.15, -0.1) is 0 Å². The zero-order valence-electron chi connectivity index (χ0n) is 8.06. The molecule has 0 aliphatic heterocycles. The Kier molecular flexibility index (Phi) is 3.38. The molecule has 0 aromatic carbocycles. The largest absolute Gasteiger partial charge is 0.314 e. The molecule has 0 saturated heterocycles. The summed E-state index contributed by atoms with van der Waals surface area (Å²) >= 11 is 0. The van der Waals surface area contributed by atoms with E-state index in [9.17, 15) is 0 Å². The quantitative estimate of drug-likeness (QED) is 0.643. The highest BCUT2D eigenvalue weighted by atomic mass is 14.9. The van der Waals surface area contributed by atoms with Crippen LogP contribution in [0.15, 0.2) is 0 Å². The Morgan fingerprint density at radius 2 is 1.91 bits per heavy atom. The molecule has 66 valence electrons. The van der Waals surface area contributed by atoms with Crippen LogP contribution < -0.4 is 5.32 Å². The van der Waals surface area contributed by atoms with Crippen molar-refractivity contribution in [3.63, 3.8) is 0 Å². The lowest BCUT2D eigenvalue weighted by Crippen LogP contribution is -2.27. The molecule has 11 heavy (non-hydrogen) atoms. The van der Waals surface area contributed by atoms with E-state index in [1.165, 1.54) is 25.8 Å². The van der Waals surface area contributed by atoms with Gasteiger partial charge in [-0.05, 0) is 24.8 Å². The Balaban J connectivity index is 1.95. The van der Waals surface area contributed by atoms with Crippen LogP contribution in [0, 0.1) is 11.8 Å². The molecule has 0 heterocycles. The fraction of sp³-hybridized carbons (Fsp3) is 1.00. The topological polar surface area (TPSA) is 12.0 Å². The molecule has 1 heteroatoms. The summed E-state index contributed by atoms with van der Waals surface area (Å²) in [7, 11) is 0. The molecule has 0 aromatic heterocycles. The van der Waals surface area contributed by atoms with Crippen LogP contribution in [-0.2, 0) is 0 Å². The zero-order valence-corrected chi connectivity index (χ0v) is 8.06. The van der Waals surface area contributed by atoms with Crippen molar-refractivity contribution in [1.82, 2.24) is 5.32 Å². The summed E-state index contributed by atoms with van der Waals surface area (Å²) in [5.41, 5.74) is 0. The van der Waals surface area contributed by atoms with Gasteiger partial charge in [0.1, 0.15) is 0 Å². The molecular formula is C10H21N. The Hall–Kier alpha value is -0.0400. The van der Waals surface area contributed by atoms with Crippen LogP contribution >= 0.6 is 0 Å². The van der Waals surface area contributed by atoms with Gasteiger partial charge in [-0.1, -0.05) is 33.6 Å². The van der Waals surface area contributed by atoms with E-state index in [0.29, 0.717) is 6.04 Å². The number of nitrogens with one attached hydrogen (secondary N) is 1. The smallest absolute Gasteiger partial charge is 0.00104 e. The van der Waals surface area contributed by atoms with E-state index in [1.54, 1.807) is 0 Å². The van der Waals surface area contributed by atoms with Crippen molar-refractivity contribution in [3.05, 3.63) is 0 Å². The van der Waals surface area contributed by atoms with Gasteiger partial charge in [-0.3, -0.25) is 0 Å². The summed E-state index contributed by atoms with van der Waals surface area (Å²) < 4.78 is 0. The van der Waals surface area contributed by atoms with Crippen molar-refractivity contribution in [2.75, 3.05) is 6.54 Å². The number of hydrogen-bond acceptors (Lipinski definition) is 1. The molecule has 1 aliphatic rings. The van der Waals surface area contributed by atoms with Crippen LogP contribution in [0.3, 0.4) is 0 Å². The van der Waals surface area contributed by atoms with Crippen LogP contribution in [0.5, 0.6) is 0 Å². The van der Waals surface area contributed by atoms with E-state index in [2.05, 4.69) is 26.1 Å². The van der Waals surface area contributed by atoms with Gasteiger partial charge in [0.2, 0.25) is 0 Å². The van der Waals surface area contributed by atoms with Crippen LogP contribution in [0.1, 0.15) is 40.0 Å². The predicted molar refractivity (Wildman–Crippen MR) is 49.6 cm³/mol. The maximum atomic E-state index is 3.48. The van der Waals surface area contributed by atoms with Gasteiger partial charge in [0.05, 0.1) is 0 Å². The molecule has 1 atom stereocenters. The molecule has 0 radical (unpaired) electrons. The van der Waals surface area contributed by atoms with Crippen LogP contribution in [0.25, 0.3) is 0 Å². The minimum absolute atomic E-state index is 0.650. The third-order valence-electron chi connectivity index (χ3n) is 2.31. The molecular weight excluding hydrogens is 134 g/mol. The molecule has 1 saturated carbocycles. The molecule has 0 spiro atoms. The van der Waals surface area contributed by atoms with Gasteiger partial charge in [0.25, 0.3) is 0 Å². The van der Waals surface area contributed by atoms with E-state index < -0.39 is 0 Å². The molecule has 0 bridgehead atoms. The second-order valence-electron chi connectivity index (χ2n) is 4.35. The third-order valence-corrected chi connectivity index (χ3v) is 2.31. The molecule has 0 amide bonds. The highest BCUT2D eigenvalue weighted by Gasteiger charge is 2.23. The lowest BCUT2D eigenvalue weighted by molar-refractivity contribution is 0.434. The van der Waals surface area contributed by atoms with Gasteiger partial charge in [0, 0.05) is 6.04 Å². The Labute approximate surface area is 70.6 Å². The summed E-state index contributed by atoms with van der Waals surface area (Å²) in [6.45, 7) is 7.98. The van der Waals surface area contributed by atoms with Crippen molar-refractivity contribution < 1.29 is 0 Å². The summed E-state index contributed by atoms with van der Waals surface area (Å²) in [5.74, 6) is 1.96. The van der Waals surface area contributed by atoms with E-state index in [-0.39, 0.29) is 0 Å².